The topological polar surface area (TPSA) is 105 Å². The summed E-state index contributed by atoms with van der Waals surface area (Å²) in [5.74, 6) is 2.29. The number of allylic oxidation sites excluding steroid dienone is 1. The second-order valence-corrected chi connectivity index (χ2v) is 9.14. The molecule has 1 amide bonds. The molecule has 1 aromatic heterocycles. The van der Waals surface area contributed by atoms with Crippen molar-refractivity contribution < 1.29 is 13.9 Å². The Morgan fingerprint density at radius 2 is 1.94 bits per heavy atom. The Hall–Kier alpha value is -2.91. The number of methoxy groups -OCH3 is 1. The summed E-state index contributed by atoms with van der Waals surface area (Å²) in [6.45, 7) is 2.60. The lowest BCUT2D eigenvalue weighted by atomic mass is 9.92. The van der Waals surface area contributed by atoms with Gasteiger partial charge in [-0.2, -0.15) is 0 Å². The third kappa shape index (κ3) is 3.18. The Kier molecular flexibility index (Phi) is 4.69. The highest BCUT2D eigenvalue weighted by molar-refractivity contribution is 5.89. The van der Waals surface area contributed by atoms with Crippen molar-refractivity contribution in [3.05, 3.63) is 53.4 Å². The van der Waals surface area contributed by atoms with Gasteiger partial charge in [0.25, 0.3) is 0 Å². The summed E-state index contributed by atoms with van der Waals surface area (Å²) in [6.07, 6.45) is 5.55. The molecule has 168 valence electrons. The summed E-state index contributed by atoms with van der Waals surface area (Å²) >= 11 is 0. The van der Waals surface area contributed by atoms with Gasteiger partial charge in [0.15, 0.2) is 0 Å². The van der Waals surface area contributed by atoms with E-state index in [1.165, 1.54) is 5.56 Å². The van der Waals surface area contributed by atoms with Gasteiger partial charge in [-0.3, -0.25) is 9.80 Å². The Morgan fingerprint density at radius 3 is 2.66 bits per heavy atom. The summed E-state index contributed by atoms with van der Waals surface area (Å²) in [4.78, 5) is 12.5. The molecule has 6 rings (SSSR count). The molecule has 3 N–H and O–H groups in total. The highest BCUT2D eigenvalue weighted by atomic mass is 16.5. The highest BCUT2D eigenvalue weighted by Crippen LogP contribution is 2.53. The number of benzene rings is 1. The van der Waals surface area contributed by atoms with Crippen LogP contribution in [-0.4, -0.2) is 54.0 Å². The molecule has 0 radical (unpaired) electrons. The number of carbonyl (C=O) groups excluding carboxylic acids is 1. The van der Waals surface area contributed by atoms with Crippen LogP contribution < -0.4 is 20.8 Å². The number of hydrogen-bond acceptors (Lipinski definition) is 8. The lowest BCUT2D eigenvalue weighted by Crippen LogP contribution is -2.53. The van der Waals surface area contributed by atoms with Gasteiger partial charge in [-0.1, -0.05) is 12.1 Å². The lowest BCUT2D eigenvalue weighted by Gasteiger charge is -2.38. The van der Waals surface area contributed by atoms with Crippen LogP contribution in [0.25, 0.3) is 0 Å². The van der Waals surface area contributed by atoms with Gasteiger partial charge in [-0.15, -0.1) is 10.2 Å². The van der Waals surface area contributed by atoms with E-state index in [2.05, 4.69) is 43.4 Å². The van der Waals surface area contributed by atoms with Gasteiger partial charge in [-0.05, 0) is 56.5 Å². The minimum Gasteiger partial charge on any atom is -0.497 e. The molecule has 4 heterocycles. The number of amides is 1. The van der Waals surface area contributed by atoms with Crippen LogP contribution in [0, 0.1) is 5.92 Å². The zero-order valence-corrected chi connectivity index (χ0v) is 18.1. The first-order chi connectivity index (χ1) is 15.7. The van der Waals surface area contributed by atoms with Crippen LogP contribution in [-0.2, 0) is 10.2 Å². The smallest absolute Gasteiger partial charge is 0.247 e. The molecule has 2 atom stereocenters. The zero-order valence-electron chi connectivity index (χ0n) is 18.1. The van der Waals surface area contributed by atoms with Crippen LogP contribution in [0.5, 0.6) is 5.75 Å². The van der Waals surface area contributed by atoms with E-state index < -0.39 is 0 Å². The molecule has 3 aliphatic heterocycles. The first-order valence-corrected chi connectivity index (χ1v) is 11.4. The number of hydrazine groups is 1. The predicted molar refractivity (Wildman–Crippen MR) is 115 cm³/mol. The molecule has 2 saturated heterocycles. The number of rotatable bonds is 5. The molecule has 2 unspecified atom stereocenters. The Morgan fingerprint density at radius 1 is 1.16 bits per heavy atom. The van der Waals surface area contributed by atoms with Gasteiger partial charge in [0, 0.05) is 24.2 Å². The van der Waals surface area contributed by atoms with Crippen LogP contribution in [0.4, 0.5) is 0 Å². The summed E-state index contributed by atoms with van der Waals surface area (Å²) in [6, 6.07) is 8.09. The van der Waals surface area contributed by atoms with Crippen molar-refractivity contribution in [2.24, 2.45) is 5.92 Å². The van der Waals surface area contributed by atoms with E-state index in [4.69, 9.17) is 9.15 Å². The van der Waals surface area contributed by atoms with E-state index in [1.54, 1.807) is 13.2 Å². The summed E-state index contributed by atoms with van der Waals surface area (Å²) in [5, 5.41) is 17.5. The molecule has 2 aromatic rings. The monoisotopic (exact) mass is 436 g/mol. The minimum atomic E-state index is -0.221. The first-order valence-electron chi connectivity index (χ1n) is 11.4. The number of nitrogens with one attached hydrogen (secondary N) is 3. The molecule has 4 aliphatic rings. The highest BCUT2D eigenvalue weighted by Gasteiger charge is 2.52. The van der Waals surface area contributed by atoms with Crippen LogP contribution in [0.15, 0.2) is 40.5 Å². The molecule has 1 saturated carbocycles. The molecule has 9 heteroatoms. The average molecular weight is 437 g/mol. The second kappa shape index (κ2) is 7.60. The lowest BCUT2D eigenvalue weighted by molar-refractivity contribution is -0.119. The van der Waals surface area contributed by atoms with Gasteiger partial charge in [-0.25, -0.2) is 5.43 Å². The van der Waals surface area contributed by atoms with Crippen molar-refractivity contribution >= 4 is 5.91 Å². The largest absolute Gasteiger partial charge is 0.497 e. The Labute approximate surface area is 186 Å². The van der Waals surface area contributed by atoms with Crippen molar-refractivity contribution in [3.8, 4) is 5.75 Å². The van der Waals surface area contributed by atoms with Gasteiger partial charge < -0.3 is 19.8 Å². The summed E-state index contributed by atoms with van der Waals surface area (Å²) in [5.41, 5.74) is 5.50. The molecule has 0 bridgehead atoms. The van der Waals surface area contributed by atoms with Gasteiger partial charge in [0.1, 0.15) is 11.9 Å². The number of carbonyl (C=O) groups is 1. The molecule has 1 aromatic carbocycles. The maximum Gasteiger partial charge on any atom is 0.247 e. The van der Waals surface area contributed by atoms with Crippen LogP contribution in [0.1, 0.15) is 48.9 Å². The predicted octanol–water partition coefficient (Wildman–Crippen LogP) is 1.40. The van der Waals surface area contributed by atoms with Gasteiger partial charge in [0.2, 0.25) is 17.7 Å². The second-order valence-electron chi connectivity index (χ2n) is 9.14. The Bertz CT molecular complexity index is 1040. The normalized spacial score (nSPS) is 27.0. The molecule has 9 nitrogen and oxygen atoms in total. The molecule has 32 heavy (non-hydrogen) atoms. The van der Waals surface area contributed by atoms with E-state index in [-0.39, 0.29) is 23.4 Å². The molecular formula is C23H28N6O3. The number of hydrogen-bond donors (Lipinski definition) is 3. The quantitative estimate of drug-likeness (QED) is 0.646. The van der Waals surface area contributed by atoms with Crippen molar-refractivity contribution in [1.82, 2.24) is 31.3 Å². The zero-order chi connectivity index (χ0) is 21.7. The third-order valence-corrected chi connectivity index (χ3v) is 7.31. The number of piperidine rings is 1. The number of nitrogens with zero attached hydrogens (tertiary/aromatic N) is 3. The van der Waals surface area contributed by atoms with Gasteiger partial charge >= 0.3 is 0 Å². The number of aromatic nitrogens is 2. The van der Waals surface area contributed by atoms with Crippen LogP contribution >= 0.6 is 0 Å². The van der Waals surface area contributed by atoms with E-state index in [9.17, 15) is 4.79 Å². The maximum atomic E-state index is 12.5. The molecule has 1 aliphatic carbocycles. The molecule has 3 fully saturated rings. The fraction of sp³-hybridized carbons (Fsp3) is 0.522. The van der Waals surface area contributed by atoms with Crippen molar-refractivity contribution in [2.45, 2.75) is 43.2 Å². The van der Waals surface area contributed by atoms with Crippen LogP contribution in [0.2, 0.25) is 0 Å². The molecular weight excluding hydrogens is 408 g/mol. The minimum absolute atomic E-state index is 0.0508. The summed E-state index contributed by atoms with van der Waals surface area (Å²) < 4.78 is 11.6. The standard InChI is InChI=1S/C23H28N6O3/c1-31-16-4-2-15(3-5-16)23(8-9-23)22-28-27-21(32-22)17-13-25-29-18(12-19(30)26-20(17)29)14-6-10-24-11-7-14/h2-5,12,14,17,20,24-25H,6-11,13H2,1H3,(H,26,30). The van der Waals surface area contributed by atoms with Crippen molar-refractivity contribution in [3.63, 3.8) is 0 Å². The average Bonchev–Trinajstić information content (AvgIpc) is 3.30. The van der Waals surface area contributed by atoms with E-state index >= 15 is 0 Å². The third-order valence-electron chi connectivity index (χ3n) is 7.31. The number of ether oxygens (including phenoxy) is 1. The summed E-state index contributed by atoms with van der Waals surface area (Å²) in [7, 11) is 1.67. The fourth-order valence-corrected chi connectivity index (χ4v) is 5.29. The number of fused-ring (bicyclic) bond motifs is 1. The van der Waals surface area contributed by atoms with Crippen molar-refractivity contribution in [2.75, 3.05) is 26.7 Å². The van der Waals surface area contributed by atoms with Crippen molar-refractivity contribution in [1.29, 1.82) is 0 Å². The first kappa shape index (κ1) is 19.8. The van der Waals surface area contributed by atoms with Gasteiger partial charge in [0.05, 0.1) is 18.4 Å². The van der Waals surface area contributed by atoms with E-state index in [1.807, 2.05) is 12.1 Å². The Balaban J connectivity index is 1.24. The SMILES string of the molecule is COc1ccc(C2(c3nnc(C4CNN5C(C6CCNCC6)=CC(=O)NC45)o3)CC2)cc1. The maximum absolute atomic E-state index is 12.5. The fourth-order valence-electron chi connectivity index (χ4n) is 5.29. The van der Waals surface area contributed by atoms with E-state index in [0.717, 1.165) is 50.2 Å². The van der Waals surface area contributed by atoms with E-state index in [0.29, 0.717) is 24.2 Å². The molecule has 0 spiro atoms. The van der Waals surface area contributed by atoms with Crippen LogP contribution in [0.3, 0.4) is 0 Å².